The molecule has 0 aromatic heterocycles. The first-order valence-electron chi connectivity index (χ1n) is 7.73. The smallest absolute Gasteiger partial charge is 0.125 e. The third kappa shape index (κ3) is 2.64. The molecule has 1 aliphatic carbocycles. The molecule has 2 atom stereocenters. The van der Waals surface area contributed by atoms with E-state index in [1.807, 2.05) is 12.1 Å². The SMILES string of the molecule is COc1cc2c(cc1C(O)CC1CCCC1)OC(C)C2. The van der Waals surface area contributed by atoms with Crippen LogP contribution in [0.5, 0.6) is 11.5 Å². The Bertz CT molecular complexity index is 477. The molecule has 110 valence electrons. The van der Waals surface area contributed by atoms with Gasteiger partial charge >= 0.3 is 0 Å². The Morgan fingerprint density at radius 1 is 1.35 bits per heavy atom. The summed E-state index contributed by atoms with van der Waals surface area (Å²) in [5.41, 5.74) is 2.07. The minimum absolute atomic E-state index is 0.219. The van der Waals surface area contributed by atoms with Gasteiger partial charge in [-0.2, -0.15) is 0 Å². The van der Waals surface area contributed by atoms with Crippen molar-refractivity contribution >= 4 is 0 Å². The Balaban J connectivity index is 1.82. The predicted octanol–water partition coefficient (Wildman–Crippen LogP) is 3.63. The van der Waals surface area contributed by atoms with Crippen molar-refractivity contribution in [3.8, 4) is 11.5 Å². The van der Waals surface area contributed by atoms with E-state index in [0.29, 0.717) is 5.92 Å². The molecule has 2 unspecified atom stereocenters. The molecule has 1 aromatic carbocycles. The van der Waals surface area contributed by atoms with E-state index in [-0.39, 0.29) is 6.10 Å². The van der Waals surface area contributed by atoms with Crippen LogP contribution in [0.15, 0.2) is 12.1 Å². The van der Waals surface area contributed by atoms with Gasteiger partial charge in [-0.1, -0.05) is 25.7 Å². The monoisotopic (exact) mass is 276 g/mol. The van der Waals surface area contributed by atoms with Crippen LogP contribution >= 0.6 is 0 Å². The fourth-order valence-electron chi connectivity index (χ4n) is 3.58. The number of rotatable bonds is 4. The molecule has 0 saturated heterocycles. The lowest BCUT2D eigenvalue weighted by Gasteiger charge is -2.19. The standard InChI is InChI=1S/C17H24O3/c1-11-7-13-9-17(19-2)14(10-16(13)20-11)15(18)8-12-5-3-4-6-12/h9-12,15,18H,3-8H2,1-2H3. The van der Waals surface area contributed by atoms with E-state index >= 15 is 0 Å². The van der Waals surface area contributed by atoms with E-state index < -0.39 is 6.10 Å². The Kier molecular flexibility index (Phi) is 3.88. The predicted molar refractivity (Wildman–Crippen MR) is 78.3 cm³/mol. The summed E-state index contributed by atoms with van der Waals surface area (Å²) in [5, 5.41) is 10.6. The Morgan fingerprint density at radius 2 is 2.10 bits per heavy atom. The molecule has 0 bridgehead atoms. The summed E-state index contributed by atoms with van der Waals surface area (Å²) < 4.78 is 11.3. The number of ether oxygens (including phenoxy) is 2. The summed E-state index contributed by atoms with van der Waals surface area (Å²) in [7, 11) is 1.67. The molecule has 3 nitrogen and oxygen atoms in total. The van der Waals surface area contributed by atoms with Crippen LogP contribution in [0.2, 0.25) is 0 Å². The van der Waals surface area contributed by atoms with Gasteiger partial charge in [0.05, 0.1) is 13.2 Å². The molecule has 1 N–H and O–H groups in total. The van der Waals surface area contributed by atoms with Crippen LogP contribution in [-0.2, 0) is 6.42 Å². The van der Waals surface area contributed by atoms with Gasteiger partial charge in [-0.05, 0) is 31.4 Å². The molecule has 3 heteroatoms. The van der Waals surface area contributed by atoms with E-state index in [0.717, 1.165) is 29.9 Å². The van der Waals surface area contributed by atoms with E-state index in [2.05, 4.69) is 6.92 Å². The zero-order valence-corrected chi connectivity index (χ0v) is 12.4. The average Bonchev–Trinajstić information content (AvgIpc) is 3.04. The molecule has 1 aromatic rings. The summed E-state index contributed by atoms with van der Waals surface area (Å²) >= 11 is 0. The first-order chi connectivity index (χ1) is 9.67. The molecule has 2 aliphatic rings. The number of hydrogen-bond donors (Lipinski definition) is 1. The van der Waals surface area contributed by atoms with Crippen molar-refractivity contribution < 1.29 is 14.6 Å². The van der Waals surface area contributed by atoms with Crippen LogP contribution < -0.4 is 9.47 Å². The van der Waals surface area contributed by atoms with Crippen LogP contribution in [0.4, 0.5) is 0 Å². The number of benzene rings is 1. The molecule has 1 heterocycles. The van der Waals surface area contributed by atoms with Gasteiger partial charge in [0.2, 0.25) is 0 Å². The maximum Gasteiger partial charge on any atom is 0.125 e. The molecule has 20 heavy (non-hydrogen) atoms. The van der Waals surface area contributed by atoms with Crippen molar-refractivity contribution in [1.82, 2.24) is 0 Å². The number of aliphatic hydroxyl groups is 1. The third-order valence-corrected chi connectivity index (χ3v) is 4.64. The first kappa shape index (κ1) is 13.7. The molecule has 0 amide bonds. The minimum Gasteiger partial charge on any atom is -0.496 e. The maximum absolute atomic E-state index is 10.6. The van der Waals surface area contributed by atoms with Crippen molar-refractivity contribution in [2.75, 3.05) is 7.11 Å². The zero-order valence-electron chi connectivity index (χ0n) is 12.4. The normalized spacial score (nSPS) is 23.4. The van der Waals surface area contributed by atoms with Crippen LogP contribution in [0.1, 0.15) is 56.3 Å². The molecular formula is C17H24O3. The first-order valence-corrected chi connectivity index (χ1v) is 7.73. The molecule has 1 saturated carbocycles. The molecule has 0 radical (unpaired) electrons. The molecular weight excluding hydrogens is 252 g/mol. The molecule has 1 aliphatic heterocycles. The third-order valence-electron chi connectivity index (χ3n) is 4.64. The molecule has 3 rings (SSSR count). The lowest BCUT2D eigenvalue weighted by Crippen LogP contribution is -2.07. The van der Waals surface area contributed by atoms with Gasteiger partial charge in [-0.3, -0.25) is 0 Å². The Hall–Kier alpha value is -1.22. The summed E-state index contributed by atoms with van der Waals surface area (Å²) in [5.74, 6) is 2.37. The average molecular weight is 276 g/mol. The largest absolute Gasteiger partial charge is 0.496 e. The number of hydrogen-bond acceptors (Lipinski definition) is 3. The summed E-state index contributed by atoms with van der Waals surface area (Å²) in [4.78, 5) is 0. The van der Waals surface area contributed by atoms with E-state index in [1.165, 1.54) is 31.2 Å². The topological polar surface area (TPSA) is 38.7 Å². The maximum atomic E-state index is 10.6. The van der Waals surface area contributed by atoms with Crippen molar-refractivity contribution in [2.24, 2.45) is 5.92 Å². The van der Waals surface area contributed by atoms with E-state index in [4.69, 9.17) is 9.47 Å². The highest BCUT2D eigenvalue weighted by molar-refractivity contribution is 5.49. The molecule has 0 spiro atoms. The van der Waals surface area contributed by atoms with Gasteiger partial charge in [-0.25, -0.2) is 0 Å². The van der Waals surface area contributed by atoms with Gasteiger partial charge in [-0.15, -0.1) is 0 Å². The second-order valence-electron chi connectivity index (χ2n) is 6.24. The Labute approximate surface area is 120 Å². The summed E-state index contributed by atoms with van der Waals surface area (Å²) in [6.07, 6.45) is 6.64. The second kappa shape index (κ2) is 5.65. The highest BCUT2D eigenvalue weighted by Crippen LogP contribution is 2.40. The minimum atomic E-state index is -0.446. The second-order valence-corrected chi connectivity index (χ2v) is 6.24. The number of methoxy groups -OCH3 is 1. The van der Waals surface area contributed by atoms with E-state index in [1.54, 1.807) is 7.11 Å². The van der Waals surface area contributed by atoms with Crippen LogP contribution in [0.25, 0.3) is 0 Å². The van der Waals surface area contributed by atoms with Crippen molar-refractivity contribution in [3.63, 3.8) is 0 Å². The van der Waals surface area contributed by atoms with Gasteiger partial charge < -0.3 is 14.6 Å². The highest BCUT2D eigenvalue weighted by atomic mass is 16.5. The van der Waals surface area contributed by atoms with Gasteiger partial charge in [0, 0.05) is 17.5 Å². The van der Waals surface area contributed by atoms with Crippen LogP contribution in [0, 0.1) is 5.92 Å². The summed E-state index contributed by atoms with van der Waals surface area (Å²) in [6, 6.07) is 4.02. The number of aliphatic hydroxyl groups excluding tert-OH is 1. The van der Waals surface area contributed by atoms with Crippen molar-refractivity contribution in [1.29, 1.82) is 0 Å². The van der Waals surface area contributed by atoms with Crippen LogP contribution in [-0.4, -0.2) is 18.3 Å². The number of fused-ring (bicyclic) bond motifs is 1. The quantitative estimate of drug-likeness (QED) is 0.912. The van der Waals surface area contributed by atoms with Gasteiger partial charge in [0.15, 0.2) is 0 Å². The molecule has 1 fully saturated rings. The summed E-state index contributed by atoms with van der Waals surface area (Å²) in [6.45, 7) is 2.07. The van der Waals surface area contributed by atoms with Crippen molar-refractivity contribution in [2.45, 2.75) is 57.7 Å². The Morgan fingerprint density at radius 3 is 2.80 bits per heavy atom. The van der Waals surface area contributed by atoms with E-state index in [9.17, 15) is 5.11 Å². The van der Waals surface area contributed by atoms with Gasteiger partial charge in [0.1, 0.15) is 17.6 Å². The van der Waals surface area contributed by atoms with Gasteiger partial charge in [0.25, 0.3) is 0 Å². The fraction of sp³-hybridized carbons (Fsp3) is 0.647. The highest BCUT2D eigenvalue weighted by Gasteiger charge is 2.26. The lowest BCUT2D eigenvalue weighted by molar-refractivity contribution is 0.141. The lowest BCUT2D eigenvalue weighted by atomic mass is 9.94. The van der Waals surface area contributed by atoms with Crippen LogP contribution in [0.3, 0.4) is 0 Å². The van der Waals surface area contributed by atoms with Crippen molar-refractivity contribution in [3.05, 3.63) is 23.3 Å². The fourth-order valence-corrected chi connectivity index (χ4v) is 3.58. The zero-order chi connectivity index (χ0) is 14.1.